The van der Waals surface area contributed by atoms with Gasteiger partial charge >= 0.3 is 0 Å². The van der Waals surface area contributed by atoms with E-state index in [0.717, 1.165) is 19.3 Å². The largest absolute Gasteiger partial charge is 0.493 e. The molecule has 0 unspecified atom stereocenters. The summed E-state index contributed by atoms with van der Waals surface area (Å²) in [6, 6.07) is 5.11. The van der Waals surface area contributed by atoms with Crippen LogP contribution in [0.25, 0.3) is 0 Å². The number of unbranched alkanes of at least 4 members (excludes halogenated alkanes) is 2. The third-order valence-electron chi connectivity index (χ3n) is 2.46. The number of primary amides is 1. The molecule has 1 aromatic rings. The Hall–Kier alpha value is -1.71. The van der Waals surface area contributed by atoms with Crippen molar-refractivity contribution in [2.45, 2.75) is 26.2 Å². The molecule has 0 radical (unpaired) electrons. The molecule has 2 N–H and O–H groups in total. The molecule has 0 aromatic heterocycles. The van der Waals surface area contributed by atoms with Gasteiger partial charge in [-0.1, -0.05) is 25.8 Å². The lowest BCUT2D eigenvalue weighted by atomic mass is 10.1. The van der Waals surface area contributed by atoms with Crippen LogP contribution in [0.4, 0.5) is 0 Å². The van der Waals surface area contributed by atoms with Crippen molar-refractivity contribution in [1.29, 1.82) is 0 Å². The second-order valence-corrected chi connectivity index (χ2v) is 3.76. The van der Waals surface area contributed by atoms with E-state index in [4.69, 9.17) is 15.2 Å². The molecule has 0 fully saturated rings. The fourth-order valence-corrected chi connectivity index (χ4v) is 1.55. The number of hydrogen-bond acceptors (Lipinski definition) is 3. The summed E-state index contributed by atoms with van der Waals surface area (Å²) in [6.45, 7) is 2.69. The first-order valence-electron chi connectivity index (χ1n) is 5.80. The number of nitrogens with two attached hydrogens (primary N) is 1. The number of benzene rings is 1. The van der Waals surface area contributed by atoms with E-state index in [1.54, 1.807) is 25.3 Å². The molecule has 0 aliphatic carbocycles. The minimum atomic E-state index is -0.505. The Morgan fingerprint density at radius 3 is 2.71 bits per heavy atom. The number of hydrogen-bond donors (Lipinski definition) is 1. The Morgan fingerprint density at radius 2 is 2.12 bits per heavy atom. The maximum atomic E-state index is 11.3. The van der Waals surface area contributed by atoms with Gasteiger partial charge in [-0.05, 0) is 18.6 Å². The van der Waals surface area contributed by atoms with Gasteiger partial charge in [0.25, 0.3) is 5.91 Å². The monoisotopic (exact) mass is 237 g/mol. The molecule has 94 valence electrons. The van der Waals surface area contributed by atoms with Gasteiger partial charge < -0.3 is 15.2 Å². The molecule has 0 saturated heterocycles. The Morgan fingerprint density at radius 1 is 1.35 bits per heavy atom. The fourth-order valence-electron chi connectivity index (χ4n) is 1.55. The molecule has 0 aliphatic rings. The van der Waals surface area contributed by atoms with Crippen molar-refractivity contribution in [2.75, 3.05) is 13.7 Å². The van der Waals surface area contributed by atoms with Crippen LogP contribution in [0.2, 0.25) is 0 Å². The van der Waals surface area contributed by atoms with Gasteiger partial charge in [0.15, 0.2) is 11.5 Å². The number of ether oxygens (including phenoxy) is 2. The Bertz CT molecular complexity index is 377. The van der Waals surface area contributed by atoms with Crippen molar-refractivity contribution in [2.24, 2.45) is 5.73 Å². The Balaban J connectivity index is 2.82. The molecule has 0 atom stereocenters. The lowest BCUT2D eigenvalue weighted by Gasteiger charge is -2.13. The highest BCUT2D eigenvalue weighted by atomic mass is 16.5. The van der Waals surface area contributed by atoms with E-state index in [1.165, 1.54) is 0 Å². The Kier molecular flexibility index (Phi) is 5.33. The van der Waals surface area contributed by atoms with Gasteiger partial charge in [-0.15, -0.1) is 0 Å². The SMILES string of the molecule is CCCCCOc1c(OC)cccc1C(N)=O. The smallest absolute Gasteiger partial charge is 0.252 e. The first-order chi connectivity index (χ1) is 8.20. The third kappa shape index (κ3) is 3.66. The highest BCUT2D eigenvalue weighted by Crippen LogP contribution is 2.30. The van der Waals surface area contributed by atoms with E-state index in [9.17, 15) is 4.79 Å². The molecular formula is C13H19NO3. The number of para-hydroxylation sites is 1. The lowest BCUT2D eigenvalue weighted by Crippen LogP contribution is -2.14. The fraction of sp³-hybridized carbons (Fsp3) is 0.462. The summed E-state index contributed by atoms with van der Waals surface area (Å²) in [5.74, 6) is 0.478. The van der Waals surface area contributed by atoms with Crippen LogP contribution in [-0.2, 0) is 0 Å². The van der Waals surface area contributed by atoms with Crippen LogP contribution >= 0.6 is 0 Å². The second kappa shape index (κ2) is 6.78. The van der Waals surface area contributed by atoms with E-state index in [0.29, 0.717) is 23.7 Å². The standard InChI is InChI=1S/C13H19NO3/c1-3-4-5-9-17-12-10(13(14)15)7-6-8-11(12)16-2/h6-8H,3-5,9H2,1-2H3,(H2,14,15). The number of rotatable bonds is 7. The highest BCUT2D eigenvalue weighted by Gasteiger charge is 2.14. The topological polar surface area (TPSA) is 61.6 Å². The molecule has 4 heteroatoms. The maximum Gasteiger partial charge on any atom is 0.252 e. The molecule has 17 heavy (non-hydrogen) atoms. The number of carbonyl (C=O) groups is 1. The average molecular weight is 237 g/mol. The predicted octanol–water partition coefficient (Wildman–Crippen LogP) is 2.36. The molecule has 0 saturated carbocycles. The van der Waals surface area contributed by atoms with E-state index in [1.807, 2.05) is 0 Å². The number of amides is 1. The van der Waals surface area contributed by atoms with Crippen LogP contribution in [0.1, 0.15) is 36.5 Å². The van der Waals surface area contributed by atoms with Gasteiger partial charge in [-0.3, -0.25) is 4.79 Å². The summed E-state index contributed by atoms with van der Waals surface area (Å²) >= 11 is 0. The third-order valence-corrected chi connectivity index (χ3v) is 2.46. The lowest BCUT2D eigenvalue weighted by molar-refractivity contribution is 0.0995. The van der Waals surface area contributed by atoms with Crippen molar-refractivity contribution in [3.8, 4) is 11.5 Å². The minimum Gasteiger partial charge on any atom is -0.493 e. The molecule has 0 spiro atoms. The van der Waals surface area contributed by atoms with Crippen LogP contribution in [0, 0.1) is 0 Å². The summed E-state index contributed by atoms with van der Waals surface area (Å²) in [4.78, 5) is 11.3. The molecule has 1 aromatic carbocycles. The van der Waals surface area contributed by atoms with Crippen molar-refractivity contribution >= 4 is 5.91 Å². The zero-order valence-corrected chi connectivity index (χ0v) is 10.4. The van der Waals surface area contributed by atoms with E-state index >= 15 is 0 Å². The average Bonchev–Trinajstić information content (AvgIpc) is 2.34. The molecular weight excluding hydrogens is 218 g/mol. The van der Waals surface area contributed by atoms with Gasteiger partial charge in [0, 0.05) is 0 Å². The quantitative estimate of drug-likeness (QED) is 0.740. The van der Waals surface area contributed by atoms with Crippen molar-refractivity contribution in [1.82, 2.24) is 0 Å². The van der Waals surface area contributed by atoms with Crippen molar-refractivity contribution in [3.05, 3.63) is 23.8 Å². The van der Waals surface area contributed by atoms with Crippen LogP contribution in [-0.4, -0.2) is 19.6 Å². The number of methoxy groups -OCH3 is 1. The summed E-state index contributed by atoms with van der Waals surface area (Å²) in [5, 5.41) is 0. The summed E-state index contributed by atoms with van der Waals surface area (Å²) < 4.78 is 10.8. The molecule has 0 heterocycles. The predicted molar refractivity (Wildman–Crippen MR) is 66.5 cm³/mol. The van der Waals surface area contributed by atoms with E-state index in [2.05, 4.69) is 6.92 Å². The Labute approximate surface area is 102 Å². The number of carbonyl (C=O) groups excluding carboxylic acids is 1. The zero-order valence-electron chi connectivity index (χ0n) is 10.4. The van der Waals surface area contributed by atoms with E-state index < -0.39 is 5.91 Å². The molecule has 1 amide bonds. The maximum absolute atomic E-state index is 11.3. The summed E-state index contributed by atoms with van der Waals surface area (Å²) in [7, 11) is 1.54. The molecule has 1 rings (SSSR count). The first kappa shape index (κ1) is 13.4. The zero-order chi connectivity index (χ0) is 12.7. The summed E-state index contributed by atoms with van der Waals surface area (Å²) in [6.07, 6.45) is 3.17. The van der Waals surface area contributed by atoms with Crippen LogP contribution in [0.5, 0.6) is 11.5 Å². The highest BCUT2D eigenvalue weighted by molar-refractivity contribution is 5.96. The van der Waals surface area contributed by atoms with Crippen LogP contribution in [0.15, 0.2) is 18.2 Å². The van der Waals surface area contributed by atoms with Crippen LogP contribution in [0.3, 0.4) is 0 Å². The van der Waals surface area contributed by atoms with Gasteiger partial charge in [-0.25, -0.2) is 0 Å². The van der Waals surface area contributed by atoms with Gasteiger partial charge in [0.05, 0.1) is 19.3 Å². The molecule has 0 aliphatic heterocycles. The van der Waals surface area contributed by atoms with Gasteiger partial charge in [-0.2, -0.15) is 0 Å². The van der Waals surface area contributed by atoms with Crippen molar-refractivity contribution < 1.29 is 14.3 Å². The van der Waals surface area contributed by atoms with Crippen molar-refractivity contribution in [3.63, 3.8) is 0 Å². The second-order valence-electron chi connectivity index (χ2n) is 3.76. The molecule has 0 bridgehead atoms. The first-order valence-corrected chi connectivity index (χ1v) is 5.80. The van der Waals surface area contributed by atoms with Gasteiger partial charge in [0.2, 0.25) is 0 Å². The summed E-state index contributed by atoms with van der Waals surface area (Å²) in [5.41, 5.74) is 5.66. The minimum absolute atomic E-state index is 0.362. The van der Waals surface area contributed by atoms with Crippen LogP contribution < -0.4 is 15.2 Å². The van der Waals surface area contributed by atoms with E-state index in [-0.39, 0.29) is 0 Å². The normalized spacial score (nSPS) is 10.0. The molecule has 4 nitrogen and oxygen atoms in total. The van der Waals surface area contributed by atoms with Gasteiger partial charge in [0.1, 0.15) is 0 Å².